The van der Waals surface area contributed by atoms with Gasteiger partial charge in [-0.05, 0) is 18.6 Å². The van der Waals surface area contributed by atoms with Crippen molar-refractivity contribution >= 4 is 17.6 Å². The SMILES string of the molecule is CCCNC(=O)CNC(=O)c1cc(N)nc(C(C)(C)C)c1. The van der Waals surface area contributed by atoms with Crippen LogP contribution in [0, 0.1) is 0 Å². The molecule has 6 heteroatoms. The molecule has 0 spiro atoms. The largest absolute Gasteiger partial charge is 0.384 e. The van der Waals surface area contributed by atoms with Gasteiger partial charge in [-0.3, -0.25) is 9.59 Å². The molecule has 1 heterocycles. The van der Waals surface area contributed by atoms with Gasteiger partial charge in [-0.1, -0.05) is 27.7 Å². The van der Waals surface area contributed by atoms with E-state index in [0.717, 1.165) is 12.1 Å². The smallest absolute Gasteiger partial charge is 0.251 e. The van der Waals surface area contributed by atoms with E-state index in [1.54, 1.807) is 6.07 Å². The predicted octanol–water partition coefficient (Wildman–Crippen LogP) is 1.22. The highest BCUT2D eigenvalue weighted by Crippen LogP contribution is 2.22. The first kappa shape index (κ1) is 16.9. The van der Waals surface area contributed by atoms with E-state index in [-0.39, 0.29) is 23.8 Å². The number of anilines is 1. The standard InChI is InChI=1S/C15H24N4O2/c1-5-6-17-13(20)9-18-14(21)10-7-11(15(2,3)4)19-12(16)8-10/h7-8H,5-6,9H2,1-4H3,(H2,16,19)(H,17,20)(H,18,21). The van der Waals surface area contributed by atoms with Crippen molar-refractivity contribution in [1.29, 1.82) is 0 Å². The molecule has 116 valence electrons. The van der Waals surface area contributed by atoms with E-state index in [1.807, 2.05) is 27.7 Å². The third-order valence-electron chi connectivity index (χ3n) is 2.86. The van der Waals surface area contributed by atoms with Crippen LogP contribution in [0.15, 0.2) is 12.1 Å². The number of carbonyl (C=O) groups is 2. The molecule has 2 amide bonds. The molecule has 6 nitrogen and oxygen atoms in total. The fourth-order valence-electron chi connectivity index (χ4n) is 1.66. The van der Waals surface area contributed by atoms with Crippen LogP contribution in [0.1, 0.15) is 50.2 Å². The van der Waals surface area contributed by atoms with Gasteiger partial charge in [-0.15, -0.1) is 0 Å². The normalized spacial score (nSPS) is 11.0. The molecule has 0 saturated carbocycles. The van der Waals surface area contributed by atoms with Crippen LogP contribution >= 0.6 is 0 Å². The number of amides is 2. The number of hydrogen-bond donors (Lipinski definition) is 3. The Bertz CT molecular complexity index is 521. The summed E-state index contributed by atoms with van der Waals surface area (Å²) in [5.74, 6) is -0.243. The van der Waals surface area contributed by atoms with Gasteiger partial charge in [0.15, 0.2) is 0 Å². The number of nitrogen functional groups attached to an aromatic ring is 1. The van der Waals surface area contributed by atoms with Gasteiger partial charge >= 0.3 is 0 Å². The molecule has 1 aromatic heterocycles. The maximum absolute atomic E-state index is 12.1. The van der Waals surface area contributed by atoms with Crippen molar-refractivity contribution in [1.82, 2.24) is 15.6 Å². The van der Waals surface area contributed by atoms with Crippen molar-refractivity contribution in [2.45, 2.75) is 39.5 Å². The van der Waals surface area contributed by atoms with Gasteiger partial charge in [0.1, 0.15) is 5.82 Å². The number of carbonyl (C=O) groups excluding carboxylic acids is 2. The van der Waals surface area contributed by atoms with E-state index >= 15 is 0 Å². The molecule has 4 N–H and O–H groups in total. The van der Waals surface area contributed by atoms with Gasteiger partial charge in [0.2, 0.25) is 5.91 Å². The van der Waals surface area contributed by atoms with Crippen molar-refractivity contribution in [3.63, 3.8) is 0 Å². The zero-order valence-electron chi connectivity index (χ0n) is 13.1. The Balaban J connectivity index is 2.74. The number of hydrogen-bond acceptors (Lipinski definition) is 4. The highest BCUT2D eigenvalue weighted by atomic mass is 16.2. The third kappa shape index (κ3) is 5.41. The molecule has 0 saturated heterocycles. The lowest BCUT2D eigenvalue weighted by Crippen LogP contribution is -2.37. The molecule has 0 bridgehead atoms. The number of nitrogens with one attached hydrogen (secondary N) is 2. The summed E-state index contributed by atoms with van der Waals surface area (Å²) in [6, 6.07) is 3.21. The lowest BCUT2D eigenvalue weighted by Gasteiger charge is -2.19. The molecular formula is C15H24N4O2. The van der Waals surface area contributed by atoms with Crippen molar-refractivity contribution in [2.75, 3.05) is 18.8 Å². The van der Waals surface area contributed by atoms with Crippen LogP contribution < -0.4 is 16.4 Å². The lowest BCUT2D eigenvalue weighted by molar-refractivity contribution is -0.120. The second kappa shape index (κ2) is 7.06. The Morgan fingerprint density at radius 3 is 2.48 bits per heavy atom. The summed E-state index contributed by atoms with van der Waals surface area (Å²) < 4.78 is 0. The molecule has 1 aromatic rings. The van der Waals surface area contributed by atoms with Gasteiger partial charge in [-0.25, -0.2) is 4.98 Å². The Kier molecular flexibility index (Phi) is 5.69. The summed E-state index contributed by atoms with van der Waals surface area (Å²) in [5, 5.41) is 5.27. The molecule has 0 aromatic carbocycles. The number of aromatic nitrogens is 1. The van der Waals surface area contributed by atoms with E-state index in [9.17, 15) is 9.59 Å². The number of pyridine rings is 1. The zero-order valence-corrected chi connectivity index (χ0v) is 13.1. The van der Waals surface area contributed by atoms with Crippen molar-refractivity contribution in [2.24, 2.45) is 0 Å². The number of nitrogens with two attached hydrogens (primary N) is 1. The minimum absolute atomic E-state index is 0.0497. The van der Waals surface area contributed by atoms with Crippen LogP contribution in [-0.4, -0.2) is 29.9 Å². The average Bonchev–Trinajstić information content (AvgIpc) is 2.40. The Morgan fingerprint density at radius 2 is 1.90 bits per heavy atom. The Labute approximate surface area is 125 Å². The second-order valence-corrected chi connectivity index (χ2v) is 5.95. The monoisotopic (exact) mass is 292 g/mol. The fourth-order valence-corrected chi connectivity index (χ4v) is 1.66. The molecule has 1 rings (SSSR count). The van der Waals surface area contributed by atoms with E-state index in [1.165, 1.54) is 6.07 Å². The highest BCUT2D eigenvalue weighted by molar-refractivity contribution is 5.97. The molecule has 0 aliphatic heterocycles. The van der Waals surface area contributed by atoms with E-state index in [0.29, 0.717) is 17.9 Å². The summed E-state index contributed by atoms with van der Waals surface area (Å²) in [7, 11) is 0. The van der Waals surface area contributed by atoms with Gasteiger partial charge in [-0.2, -0.15) is 0 Å². The summed E-state index contributed by atoms with van der Waals surface area (Å²) in [6.45, 7) is 8.50. The molecule has 0 radical (unpaired) electrons. The maximum Gasteiger partial charge on any atom is 0.251 e. The Morgan fingerprint density at radius 1 is 1.24 bits per heavy atom. The minimum Gasteiger partial charge on any atom is -0.384 e. The van der Waals surface area contributed by atoms with E-state index in [4.69, 9.17) is 5.73 Å². The molecular weight excluding hydrogens is 268 g/mol. The Hall–Kier alpha value is -2.11. The van der Waals surface area contributed by atoms with Gasteiger partial charge in [0, 0.05) is 23.2 Å². The van der Waals surface area contributed by atoms with Gasteiger partial charge in [0.25, 0.3) is 5.91 Å². The van der Waals surface area contributed by atoms with E-state index in [2.05, 4.69) is 15.6 Å². The first-order valence-corrected chi connectivity index (χ1v) is 7.07. The number of nitrogens with zero attached hydrogens (tertiary/aromatic N) is 1. The highest BCUT2D eigenvalue weighted by Gasteiger charge is 2.19. The summed E-state index contributed by atoms with van der Waals surface area (Å²) in [5.41, 5.74) is 6.69. The first-order valence-electron chi connectivity index (χ1n) is 7.07. The third-order valence-corrected chi connectivity index (χ3v) is 2.86. The summed E-state index contributed by atoms with van der Waals surface area (Å²) >= 11 is 0. The van der Waals surface area contributed by atoms with Gasteiger partial charge in [0.05, 0.1) is 6.54 Å². The average molecular weight is 292 g/mol. The fraction of sp³-hybridized carbons (Fsp3) is 0.533. The predicted molar refractivity (Wildman–Crippen MR) is 83.0 cm³/mol. The maximum atomic E-state index is 12.1. The molecule has 0 atom stereocenters. The zero-order chi connectivity index (χ0) is 16.0. The topological polar surface area (TPSA) is 97.1 Å². The molecule has 0 fully saturated rings. The van der Waals surface area contributed by atoms with Crippen LogP contribution in [0.2, 0.25) is 0 Å². The quantitative estimate of drug-likeness (QED) is 0.760. The first-order chi connectivity index (χ1) is 9.74. The van der Waals surface area contributed by atoms with Crippen molar-refractivity contribution < 1.29 is 9.59 Å². The molecule has 21 heavy (non-hydrogen) atoms. The summed E-state index contributed by atoms with van der Waals surface area (Å²) in [6.07, 6.45) is 0.857. The van der Waals surface area contributed by atoms with Crippen LogP contribution in [0.4, 0.5) is 5.82 Å². The molecule has 0 aliphatic rings. The number of rotatable bonds is 5. The summed E-state index contributed by atoms with van der Waals surface area (Å²) in [4.78, 5) is 27.8. The second-order valence-electron chi connectivity index (χ2n) is 5.95. The van der Waals surface area contributed by atoms with Crippen LogP contribution in [-0.2, 0) is 10.2 Å². The van der Waals surface area contributed by atoms with Crippen LogP contribution in [0.25, 0.3) is 0 Å². The van der Waals surface area contributed by atoms with E-state index < -0.39 is 0 Å². The van der Waals surface area contributed by atoms with Crippen LogP contribution in [0.3, 0.4) is 0 Å². The van der Waals surface area contributed by atoms with Crippen molar-refractivity contribution in [3.8, 4) is 0 Å². The minimum atomic E-state index is -0.332. The lowest BCUT2D eigenvalue weighted by atomic mass is 9.90. The molecule has 0 aliphatic carbocycles. The van der Waals surface area contributed by atoms with Crippen molar-refractivity contribution in [3.05, 3.63) is 23.4 Å². The van der Waals surface area contributed by atoms with Gasteiger partial charge < -0.3 is 16.4 Å². The van der Waals surface area contributed by atoms with Crippen LogP contribution in [0.5, 0.6) is 0 Å². The molecule has 0 unspecified atom stereocenters.